The van der Waals surface area contributed by atoms with E-state index < -0.39 is 0 Å². The molecule has 1 aromatic carbocycles. The van der Waals surface area contributed by atoms with Gasteiger partial charge in [-0.1, -0.05) is 37.3 Å². The number of amides is 1. The molecule has 0 aromatic heterocycles. The molecule has 0 spiro atoms. The van der Waals surface area contributed by atoms with Gasteiger partial charge in [0.25, 0.3) is 0 Å². The molecule has 1 amide bonds. The molecule has 0 aliphatic carbocycles. The van der Waals surface area contributed by atoms with E-state index in [1.165, 1.54) is 0 Å². The van der Waals surface area contributed by atoms with Crippen molar-refractivity contribution in [2.45, 2.75) is 51.8 Å². The lowest BCUT2D eigenvalue weighted by atomic mass is 9.94. The van der Waals surface area contributed by atoms with Crippen LogP contribution in [0.1, 0.15) is 45.2 Å². The third-order valence-electron chi connectivity index (χ3n) is 4.93. The standard InChI is InChI=1S/C20H33N3O2.2ClH/c1-15(2)25-14-13-23-11-9-18(10-12-23)22-20(24)16(3)19(21)17-7-5-4-6-8-17;;/h4-8,15-16,18-19H,9-14,21H2,1-3H3,(H,22,24);2*1H. The first kappa shape index (κ1) is 26.1. The van der Waals surface area contributed by atoms with Crippen molar-refractivity contribution < 1.29 is 9.53 Å². The highest BCUT2D eigenvalue weighted by Gasteiger charge is 2.26. The van der Waals surface area contributed by atoms with E-state index in [2.05, 4.69) is 24.1 Å². The number of hydrogen-bond donors (Lipinski definition) is 2. The average molecular weight is 420 g/mol. The quantitative estimate of drug-likeness (QED) is 0.678. The highest BCUT2D eigenvalue weighted by Crippen LogP contribution is 2.20. The fraction of sp³-hybridized carbons (Fsp3) is 0.650. The van der Waals surface area contributed by atoms with Crippen LogP contribution in [0.5, 0.6) is 0 Å². The van der Waals surface area contributed by atoms with E-state index in [4.69, 9.17) is 10.5 Å². The molecule has 2 atom stereocenters. The van der Waals surface area contributed by atoms with Gasteiger partial charge in [0.15, 0.2) is 0 Å². The van der Waals surface area contributed by atoms with Gasteiger partial charge in [0.2, 0.25) is 5.91 Å². The van der Waals surface area contributed by atoms with E-state index >= 15 is 0 Å². The first-order valence-electron chi connectivity index (χ1n) is 9.42. The molecule has 5 nitrogen and oxygen atoms in total. The molecule has 1 aliphatic rings. The van der Waals surface area contributed by atoms with E-state index in [1.807, 2.05) is 37.3 Å². The van der Waals surface area contributed by atoms with E-state index in [1.54, 1.807) is 0 Å². The monoisotopic (exact) mass is 419 g/mol. The Bertz CT molecular complexity index is 523. The number of nitrogens with zero attached hydrogens (tertiary/aromatic N) is 1. The van der Waals surface area contributed by atoms with Gasteiger partial charge in [-0.15, -0.1) is 24.8 Å². The minimum Gasteiger partial charge on any atom is -0.377 e. The zero-order valence-electron chi connectivity index (χ0n) is 16.6. The number of carbonyl (C=O) groups is 1. The van der Waals surface area contributed by atoms with Gasteiger partial charge >= 0.3 is 0 Å². The van der Waals surface area contributed by atoms with Crippen LogP contribution in [-0.4, -0.2) is 49.2 Å². The third-order valence-corrected chi connectivity index (χ3v) is 4.93. The number of nitrogens with one attached hydrogen (secondary N) is 1. The minimum atomic E-state index is -0.269. The summed E-state index contributed by atoms with van der Waals surface area (Å²) in [6.45, 7) is 9.78. The molecular weight excluding hydrogens is 385 g/mol. The summed E-state index contributed by atoms with van der Waals surface area (Å²) >= 11 is 0. The van der Waals surface area contributed by atoms with Crippen molar-refractivity contribution >= 4 is 30.7 Å². The van der Waals surface area contributed by atoms with Crippen LogP contribution in [0.15, 0.2) is 30.3 Å². The van der Waals surface area contributed by atoms with Crippen molar-refractivity contribution in [3.8, 4) is 0 Å². The van der Waals surface area contributed by atoms with Crippen molar-refractivity contribution in [1.29, 1.82) is 0 Å². The van der Waals surface area contributed by atoms with Crippen molar-refractivity contribution in [1.82, 2.24) is 10.2 Å². The molecule has 1 aromatic rings. The van der Waals surface area contributed by atoms with Crippen LogP contribution < -0.4 is 11.1 Å². The molecule has 156 valence electrons. The lowest BCUT2D eigenvalue weighted by molar-refractivity contribution is -0.126. The summed E-state index contributed by atoms with van der Waals surface area (Å²) in [6.07, 6.45) is 2.26. The van der Waals surface area contributed by atoms with Crippen LogP contribution in [0.3, 0.4) is 0 Å². The molecule has 0 radical (unpaired) electrons. The predicted molar refractivity (Wildman–Crippen MR) is 116 cm³/mol. The highest BCUT2D eigenvalue weighted by molar-refractivity contribution is 5.85. The number of ether oxygens (including phenoxy) is 1. The Morgan fingerprint density at radius 3 is 2.33 bits per heavy atom. The van der Waals surface area contributed by atoms with Crippen LogP contribution in [0.25, 0.3) is 0 Å². The second-order valence-electron chi connectivity index (χ2n) is 7.27. The molecule has 1 aliphatic heterocycles. The van der Waals surface area contributed by atoms with Gasteiger partial charge in [-0.3, -0.25) is 4.79 Å². The molecule has 2 rings (SSSR count). The first-order valence-corrected chi connectivity index (χ1v) is 9.42. The fourth-order valence-electron chi connectivity index (χ4n) is 3.18. The number of halogens is 2. The molecular formula is C20H35Cl2N3O2. The Morgan fingerprint density at radius 2 is 1.78 bits per heavy atom. The van der Waals surface area contributed by atoms with Crippen molar-refractivity contribution in [2.24, 2.45) is 11.7 Å². The fourth-order valence-corrected chi connectivity index (χ4v) is 3.18. The molecule has 1 heterocycles. The number of piperidine rings is 1. The van der Waals surface area contributed by atoms with Crippen molar-refractivity contribution in [2.75, 3.05) is 26.2 Å². The van der Waals surface area contributed by atoms with Gasteiger partial charge in [-0.25, -0.2) is 0 Å². The Kier molecular flexibility index (Phi) is 12.9. The van der Waals surface area contributed by atoms with E-state index in [0.717, 1.165) is 44.6 Å². The second-order valence-corrected chi connectivity index (χ2v) is 7.27. The Labute approximate surface area is 176 Å². The zero-order valence-corrected chi connectivity index (χ0v) is 18.2. The summed E-state index contributed by atoms with van der Waals surface area (Å²) in [7, 11) is 0. The predicted octanol–water partition coefficient (Wildman–Crippen LogP) is 3.17. The lowest BCUT2D eigenvalue weighted by Gasteiger charge is -2.33. The number of carbonyl (C=O) groups excluding carboxylic acids is 1. The number of likely N-dealkylation sites (tertiary alicyclic amines) is 1. The van der Waals surface area contributed by atoms with Gasteiger partial charge in [-0.05, 0) is 32.3 Å². The van der Waals surface area contributed by atoms with Crippen LogP contribution in [-0.2, 0) is 9.53 Å². The zero-order chi connectivity index (χ0) is 18.2. The van der Waals surface area contributed by atoms with E-state index in [-0.39, 0.29) is 54.8 Å². The van der Waals surface area contributed by atoms with Gasteiger partial charge < -0.3 is 20.7 Å². The Morgan fingerprint density at radius 1 is 1.19 bits per heavy atom. The second kappa shape index (κ2) is 13.3. The average Bonchev–Trinajstić information content (AvgIpc) is 2.62. The maximum atomic E-state index is 12.5. The summed E-state index contributed by atoms with van der Waals surface area (Å²) < 4.78 is 5.61. The normalized spacial score (nSPS) is 17.5. The number of rotatable bonds is 8. The summed E-state index contributed by atoms with van der Waals surface area (Å²) in [4.78, 5) is 14.9. The summed E-state index contributed by atoms with van der Waals surface area (Å²) in [5.74, 6) is -0.183. The molecule has 0 bridgehead atoms. The van der Waals surface area contributed by atoms with Crippen molar-refractivity contribution in [3.63, 3.8) is 0 Å². The van der Waals surface area contributed by atoms with Crippen LogP contribution in [0, 0.1) is 5.92 Å². The molecule has 27 heavy (non-hydrogen) atoms. The van der Waals surface area contributed by atoms with Gasteiger partial charge in [-0.2, -0.15) is 0 Å². The summed E-state index contributed by atoms with van der Waals surface area (Å²) in [6, 6.07) is 9.81. The van der Waals surface area contributed by atoms with Crippen molar-refractivity contribution in [3.05, 3.63) is 35.9 Å². The summed E-state index contributed by atoms with van der Waals surface area (Å²) in [5, 5.41) is 3.19. The van der Waals surface area contributed by atoms with Crippen LogP contribution >= 0.6 is 24.8 Å². The van der Waals surface area contributed by atoms with E-state index in [0.29, 0.717) is 0 Å². The first-order chi connectivity index (χ1) is 12.0. The lowest BCUT2D eigenvalue weighted by Crippen LogP contribution is -2.47. The van der Waals surface area contributed by atoms with Crippen LogP contribution in [0.2, 0.25) is 0 Å². The Balaban J connectivity index is 0.00000338. The van der Waals surface area contributed by atoms with Gasteiger partial charge in [0.1, 0.15) is 0 Å². The SMILES string of the molecule is CC(C)OCCN1CCC(NC(=O)C(C)C(N)c2ccccc2)CC1.Cl.Cl. The smallest absolute Gasteiger partial charge is 0.224 e. The molecule has 2 unspecified atom stereocenters. The molecule has 7 heteroatoms. The molecule has 1 saturated heterocycles. The van der Waals surface area contributed by atoms with Gasteiger partial charge in [0.05, 0.1) is 18.6 Å². The number of hydrogen-bond acceptors (Lipinski definition) is 4. The third kappa shape index (κ3) is 8.79. The number of nitrogens with two attached hydrogens (primary N) is 1. The minimum absolute atomic E-state index is 0. The highest BCUT2D eigenvalue weighted by atomic mass is 35.5. The maximum absolute atomic E-state index is 12.5. The number of benzene rings is 1. The Hall–Kier alpha value is -0.850. The van der Waals surface area contributed by atoms with Gasteiger partial charge in [0, 0.05) is 31.7 Å². The molecule has 3 N–H and O–H groups in total. The maximum Gasteiger partial charge on any atom is 0.224 e. The topological polar surface area (TPSA) is 67.6 Å². The van der Waals surface area contributed by atoms with Crippen LogP contribution in [0.4, 0.5) is 0 Å². The molecule has 0 saturated carbocycles. The van der Waals surface area contributed by atoms with E-state index in [9.17, 15) is 4.79 Å². The summed E-state index contributed by atoms with van der Waals surface area (Å²) in [5.41, 5.74) is 7.27. The largest absolute Gasteiger partial charge is 0.377 e. The molecule has 1 fully saturated rings.